The second-order valence-corrected chi connectivity index (χ2v) is 8.51. The Hall–Kier alpha value is -0.350. The molecule has 0 saturated heterocycles. The van der Waals surface area contributed by atoms with Crippen molar-refractivity contribution in [2.75, 3.05) is 4.90 Å². The minimum absolute atomic E-state index is 1.18. The van der Waals surface area contributed by atoms with Crippen molar-refractivity contribution in [2.45, 2.75) is 0 Å². The molecule has 1 nitrogen and oxygen atoms in total. The highest BCUT2D eigenvalue weighted by Gasteiger charge is 2.13. The fourth-order valence-electron chi connectivity index (χ4n) is 2.29. The van der Waals surface area contributed by atoms with Crippen molar-refractivity contribution in [1.29, 1.82) is 0 Å². The van der Waals surface area contributed by atoms with Gasteiger partial charge in [0.15, 0.2) is 0 Å². The smallest absolute Gasteiger partial charge is 0.0472 e. The first-order valence-corrected chi connectivity index (χ1v) is 9.94. The highest BCUT2D eigenvalue weighted by molar-refractivity contribution is 14.1. The number of hydrogen-bond acceptors (Lipinski definition) is 1. The molecule has 0 bridgehead atoms. The number of anilines is 3. The number of hydrogen-bond donors (Lipinski definition) is 0. The minimum Gasteiger partial charge on any atom is -0.310 e. The van der Waals surface area contributed by atoms with Gasteiger partial charge in [0.25, 0.3) is 0 Å². The van der Waals surface area contributed by atoms with Crippen molar-refractivity contribution in [3.05, 3.63) is 83.5 Å². The monoisotopic (exact) mass is 623 g/mol. The molecule has 0 aliphatic heterocycles. The second kappa shape index (κ2) is 7.48. The van der Waals surface area contributed by atoms with Crippen molar-refractivity contribution >= 4 is 84.8 Å². The van der Waals surface area contributed by atoms with E-state index in [2.05, 4.69) is 145 Å². The predicted octanol–water partition coefficient (Wildman–Crippen LogP) is 6.97. The topological polar surface area (TPSA) is 3.24 Å². The second-order valence-electron chi connectivity index (χ2n) is 4.78. The molecule has 0 aromatic heterocycles. The van der Waals surface area contributed by atoms with Gasteiger partial charge in [-0.25, -0.2) is 0 Å². The molecule has 3 aromatic rings. The summed E-state index contributed by atoms with van der Waals surface area (Å²) in [4.78, 5) is 2.30. The molecule has 22 heavy (non-hydrogen) atoms. The normalized spacial score (nSPS) is 10.5. The molecule has 3 aromatic carbocycles. The lowest BCUT2D eigenvalue weighted by atomic mass is 10.2. The quantitative estimate of drug-likeness (QED) is 0.285. The first kappa shape index (κ1) is 16.5. The van der Waals surface area contributed by atoms with Crippen LogP contribution in [0.25, 0.3) is 0 Å². The van der Waals surface area contributed by atoms with Gasteiger partial charge >= 0.3 is 0 Å². The molecule has 3 rings (SSSR count). The van der Waals surface area contributed by atoms with Crippen LogP contribution < -0.4 is 4.90 Å². The van der Waals surface area contributed by atoms with Crippen LogP contribution in [0.5, 0.6) is 0 Å². The van der Waals surface area contributed by atoms with Crippen LogP contribution in [0.2, 0.25) is 0 Å². The van der Waals surface area contributed by atoms with Crippen LogP contribution in [0, 0.1) is 10.7 Å². The molecule has 0 heterocycles. The SMILES string of the molecule is Ic1cccc(N(c2cccc(I)c2)c2cccc(I)c2)c1. The zero-order valence-corrected chi connectivity index (χ0v) is 18.0. The van der Waals surface area contributed by atoms with E-state index in [1.807, 2.05) is 0 Å². The molecule has 4 heteroatoms. The van der Waals surface area contributed by atoms with E-state index in [4.69, 9.17) is 0 Å². The Labute approximate surface area is 171 Å². The molecule has 0 unspecified atom stereocenters. The summed E-state index contributed by atoms with van der Waals surface area (Å²) in [6.07, 6.45) is 0. The van der Waals surface area contributed by atoms with Crippen molar-refractivity contribution in [1.82, 2.24) is 0 Å². The number of nitrogens with zero attached hydrogens (tertiary/aromatic N) is 1. The third-order valence-electron chi connectivity index (χ3n) is 3.20. The van der Waals surface area contributed by atoms with Crippen molar-refractivity contribution in [3.8, 4) is 0 Å². The highest BCUT2D eigenvalue weighted by Crippen LogP contribution is 2.36. The van der Waals surface area contributed by atoms with Gasteiger partial charge < -0.3 is 4.90 Å². The van der Waals surface area contributed by atoms with Gasteiger partial charge in [0, 0.05) is 27.8 Å². The van der Waals surface area contributed by atoms with Gasteiger partial charge in [-0.15, -0.1) is 0 Å². The zero-order chi connectivity index (χ0) is 15.5. The summed E-state index contributed by atoms with van der Waals surface area (Å²) in [6, 6.07) is 25.7. The molecule has 110 valence electrons. The predicted molar refractivity (Wildman–Crippen MR) is 119 cm³/mol. The van der Waals surface area contributed by atoms with Crippen molar-refractivity contribution in [2.24, 2.45) is 0 Å². The van der Waals surface area contributed by atoms with Gasteiger partial charge in [-0.2, -0.15) is 0 Å². The van der Waals surface area contributed by atoms with Crippen LogP contribution in [0.4, 0.5) is 17.1 Å². The Kier molecular flexibility index (Phi) is 5.61. The summed E-state index contributed by atoms with van der Waals surface area (Å²) in [5, 5.41) is 0. The van der Waals surface area contributed by atoms with Crippen LogP contribution in [-0.2, 0) is 0 Å². The summed E-state index contributed by atoms with van der Waals surface area (Å²) in [5.74, 6) is 0. The third kappa shape index (κ3) is 3.94. The molecular formula is C18H12I3N. The summed E-state index contributed by atoms with van der Waals surface area (Å²) in [6.45, 7) is 0. The lowest BCUT2D eigenvalue weighted by molar-refractivity contribution is 1.27. The van der Waals surface area contributed by atoms with Crippen LogP contribution in [0.3, 0.4) is 0 Å². The van der Waals surface area contributed by atoms with Crippen LogP contribution in [0.15, 0.2) is 72.8 Å². The number of halogens is 3. The number of rotatable bonds is 3. The Morgan fingerprint density at radius 2 is 0.818 bits per heavy atom. The summed E-state index contributed by atoms with van der Waals surface area (Å²) < 4.78 is 3.70. The van der Waals surface area contributed by atoms with E-state index in [-0.39, 0.29) is 0 Å². The zero-order valence-electron chi connectivity index (χ0n) is 11.5. The molecule has 0 saturated carbocycles. The average molecular weight is 623 g/mol. The Balaban J connectivity index is 2.18. The maximum Gasteiger partial charge on any atom is 0.0472 e. The molecule has 0 radical (unpaired) electrons. The maximum atomic E-state index is 2.36. The van der Waals surface area contributed by atoms with Crippen LogP contribution >= 0.6 is 67.8 Å². The molecular weight excluding hydrogens is 611 g/mol. The van der Waals surface area contributed by atoms with Crippen LogP contribution in [-0.4, -0.2) is 0 Å². The molecule has 0 N–H and O–H groups in total. The summed E-state index contributed by atoms with van der Waals surface area (Å²) in [5.41, 5.74) is 3.53. The van der Waals surface area contributed by atoms with Crippen LogP contribution in [0.1, 0.15) is 0 Å². The lowest BCUT2D eigenvalue weighted by Gasteiger charge is -2.26. The first-order valence-electron chi connectivity index (χ1n) is 6.70. The van der Waals surface area contributed by atoms with E-state index in [9.17, 15) is 0 Å². The fraction of sp³-hybridized carbons (Fsp3) is 0. The van der Waals surface area contributed by atoms with E-state index >= 15 is 0 Å². The Morgan fingerprint density at radius 3 is 1.09 bits per heavy atom. The third-order valence-corrected chi connectivity index (χ3v) is 5.21. The lowest BCUT2D eigenvalue weighted by Crippen LogP contribution is -2.10. The van der Waals surface area contributed by atoms with Crippen molar-refractivity contribution < 1.29 is 0 Å². The molecule has 0 aliphatic rings. The van der Waals surface area contributed by atoms with Crippen molar-refractivity contribution in [3.63, 3.8) is 0 Å². The Morgan fingerprint density at radius 1 is 0.500 bits per heavy atom. The van der Waals surface area contributed by atoms with Gasteiger partial charge in [-0.1, -0.05) is 18.2 Å². The van der Waals surface area contributed by atoms with Gasteiger partial charge in [0.05, 0.1) is 0 Å². The fourth-order valence-corrected chi connectivity index (χ4v) is 3.87. The van der Waals surface area contributed by atoms with Gasteiger partial charge in [-0.3, -0.25) is 0 Å². The molecule has 0 aliphatic carbocycles. The van der Waals surface area contributed by atoms with E-state index in [1.165, 1.54) is 27.8 Å². The number of benzene rings is 3. The molecule has 0 fully saturated rings. The van der Waals surface area contributed by atoms with E-state index < -0.39 is 0 Å². The van der Waals surface area contributed by atoms with Gasteiger partial charge in [0.1, 0.15) is 0 Å². The molecule has 0 spiro atoms. The Bertz CT molecular complexity index is 693. The van der Waals surface area contributed by atoms with Gasteiger partial charge in [0.2, 0.25) is 0 Å². The molecule has 0 amide bonds. The van der Waals surface area contributed by atoms with E-state index in [0.29, 0.717) is 0 Å². The average Bonchev–Trinajstić information content (AvgIpc) is 2.48. The minimum atomic E-state index is 1.18. The summed E-state index contributed by atoms with van der Waals surface area (Å²) in [7, 11) is 0. The summed E-state index contributed by atoms with van der Waals surface area (Å²) >= 11 is 7.08. The highest BCUT2D eigenvalue weighted by atomic mass is 127. The van der Waals surface area contributed by atoms with E-state index in [1.54, 1.807) is 0 Å². The maximum absolute atomic E-state index is 2.36. The molecule has 0 atom stereocenters. The van der Waals surface area contributed by atoms with Gasteiger partial charge in [-0.05, 0) is 122 Å². The standard InChI is InChI=1S/C18H12I3N/c19-13-4-1-7-16(10-13)22(17-8-2-5-14(20)11-17)18-9-3-6-15(21)12-18/h1-12H. The largest absolute Gasteiger partial charge is 0.310 e. The van der Waals surface area contributed by atoms with E-state index in [0.717, 1.165) is 0 Å². The first-order chi connectivity index (χ1) is 10.6.